The molecule has 4 heterocycles. The van der Waals surface area contributed by atoms with E-state index in [4.69, 9.17) is 11.6 Å². The second-order valence-corrected chi connectivity index (χ2v) is 7.12. The third kappa shape index (κ3) is 3.98. The van der Waals surface area contributed by atoms with Crippen molar-refractivity contribution in [2.45, 2.75) is 19.0 Å². The molecule has 3 aromatic heterocycles. The van der Waals surface area contributed by atoms with Gasteiger partial charge in [0.25, 0.3) is 0 Å². The molecule has 1 aliphatic rings. The number of pyridine rings is 1. The number of aromatic nitrogens is 4. The first-order valence-electron chi connectivity index (χ1n) is 8.90. The van der Waals surface area contributed by atoms with E-state index in [0.29, 0.717) is 43.2 Å². The molecule has 0 atom stereocenters. The van der Waals surface area contributed by atoms with Crippen LogP contribution >= 0.6 is 11.6 Å². The molecule has 0 saturated carbocycles. The number of piperidine rings is 1. The van der Waals surface area contributed by atoms with Crippen LogP contribution in [0.3, 0.4) is 0 Å². The van der Waals surface area contributed by atoms with Gasteiger partial charge in [-0.1, -0.05) is 11.6 Å². The Morgan fingerprint density at radius 1 is 1.17 bits per heavy atom. The van der Waals surface area contributed by atoms with E-state index in [0.717, 1.165) is 12.3 Å². The van der Waals surface area contributed by atoms with Gasteiger partial charge in [0, 0.05) is 37.5 Å². The predicted molar refractivity (Wildman–Crippen MR) is 101 cm³/mol. The molecule has 3 aromatic rings. The fraction of sp³-hybridized carbons (Fsp3) is 0.333. The van der Waals surface area contributed by atoms with Crippen molar-refractivity contribution in [2.24, 2.45) is 5.92 Å². The summed E-state index contributed by atoms with van der Waals surface area (Å²) in [5, 5.41) is 6.94. The smallest absolute Gasteiger partial charge is 0.355 e. The van der Waals surface area contributed by atoms with Gasteiger partial charge in [-0.15, -0.1) is 0 Å². The van der Waals surface area contributed by atoms with E-state index in [2.05, 4.69) is 20.4 Å². The standard InChI is InChI=1S/C18H16ClF3N6O/c19-13-9-12(18(20,21)22)10-24-16(13)27-7-3-11(4-8-27)17(29)26-15-1-5-23-14-2-6-25-28(14)15/h1-2,5-6,9-11H,3-4,7-8H2,(H,26,29). The van der Waals surface area contributed by atoms with Gasteiger partial charge < -0.3 is 10.2 Å². The summed E-state index contributed by atoms with van der Waals surface area (Å²) >= 11 is 6.02. The molecular formula is C18H16ClF3N6O. The Morgan fingerprint density at radius 2 is 1.93 bits per heavy atom. The maximum absolute atomic E-state index is 12.8. The lowest BCUT2D eigenvalue weighted by Crippen LogP contribution is -2.39. The minimum atomic E-state index is -4.49. The van der Waals surface area contributed by atoms with Crippen LogP contribution < -0.4 is 10.2 Å². The number of fused-ring (bicyclic) bond motifs is 1. The van der Waals surface area contributed by atoms with E-state index in [1.54, 1.807) is 33.9 Å². The van der Waals surface area contributed by atoms with E-state index < -0.39 is 11.7 Å². The van der Waals surface area contributed by atoms with Gasteiger partial charge in [-0.2, -0.15) is 22.8 Å². The molecule has 0 aromatic carbocycles. The Hall–Kier alpha value is -2.88. The lowest BCUT2D eigenvalue weighted by molar-refractivity contribution is -0.137. The molecule has 29 heavy (non-hydrogen) atoms. The van der Waals surface area contributed by atoms with E-state index in [9.17, 15) is 18.0 Å². The molecule has 1 fully saturated rings. The SMILES string of the molecule is O=C(Nc1ccnc2ccnn12)C1CCN(c2ncc(C(F)(F)F)cc2Cl)CC1. The average Bonchev–Trinajstić information content (AvgIpc) is 3.17. The third-order valence-corrected chi connectivity index (χ3v) is 5.13. The van der Waals surface area contributed by atoms with Gasteiger partial charge >= 0.3 is 6.18 Å². The zero-order chi connectivity index (χ0) is 20.6. The van der Waals surface area contributed by atoms with Crippen LogP contribution in [-0.2, 0) is 11.0 Å². The number of nitrogens with one attached hydrogen (secondary N) is 1. The number of carbonyl (C=O) groups is 1. The van der Waals surface area contributed by atoms with Crippen LogP contribution in [0.4, 0.5) is 24.8 Å². The van der Waals surface area contributed by atoms with Crippen LogP contribution in [0, 0.1) is 5.92 Å². The molecule has 0 unspecified atom stereocenters. The summed E-state index contributed by atoms with van der Waals surface area (Å²) in [5.41, 5.74) is -0.261. The fourth-order valence-electron chi connectivity index (χ4n) is 3.33. The molecule has 1 N–H and O–H groups in total. The van der Waals surface area contributed by atoms with Crippen molar-refractivity contribution in [3.63, 3.8) is 0 Å². The van der Waals surface area contributed by atoms with Crippen molar-refractivity contribution in [3.8, 4) is 0 Å². The van der Waals surface area contributed by atoms with Gasteiger partial charge in [0.1, 0.15) is 11.6 Å². The number of amides is 1. The zero-order valence-electron chi connectivity index (χ0n) is 15.0. The van der Waals surface area contributed by atoms with Crippen LogP contribution in [0.5, 0.6) is 0 Å². The van der Waals surface area contributed by atoms with Gasteiger partial charge in [-0.05, 0) is 25.0 Å². The van der Waals surface area contributed by atoms with E-state index in [-0.39, 0.29) is 16.8 Å². The number of hydrogen-bond acceptors (Lipinski definition) is 5. The van der Waals surface area contributed by atoms with Crippen LogP contribution in [0.15, 0.2) is 36.8 Å². The number of nitrogens with zero attached hydrogens (tertiary/aromatic N) is 5. The van der Waals surface area contributed by atoms with E-state index in [1.807, 2.05) is 0 Å². The van der Waals surface area contributed by atoms with Crippen molar-refractivity contribution in [3.05, 3.63) is 47.4 Å². The fourth-order valence-corrected chi connectivity index (χ4v) is 3.62. The largest absolute Gasteiger partial charge is 0.417 e. The van der Waals surface area contributed by atoms with E-state index in [1.165, 1.54) is 0 Å². The first kappa shape index (κ1) is 19.4. The summed E-state index contributed by atoms with van der Waals surface area (Å²) < 4.78 is 39.9. The minimum absolute atomic E-state index is 0.0550. The molecule has 1 saturated heterocycles. The summed E-state index contributed by atoms with van der Waals surface area (Å²) in [4.78, 5) is 22.5. The molecule has 4 rings (SSSR count). The number of halogens is 4. The van der Waals surface area contributed by atoms with Gasteiger partial charge in [-0.25, -0.2) is 9.97 Å². The maximum Gasteiger partial charge on any atom is 0.417 e. The van der Waals surface area contributed by atoms with Gasteiger partial charge in [0.2, 0.25) is 5.91 Å². The molecule has 0 spiro atoms. The quantitative estimate of drug-likeness (QED) is 0.694. The summed E-state index contributed by atoms with van der Waals surface area (Å²) in [6, 6.07) is 4.27. The highest BCUT2D eigenvalue weighted by atomic mass is 35.5. The Morgan fingerprint density at radius 3 is 2.62 bits per heavy atom. The van der Waals surface area contributed by atoms with Crippen molar-refractivity contribution in [1.82, 2.24) is 19.6 Å². The molecule has 152 valence electrons. The summed E-state index contributed by atoms with van der Waals surface area (Å²) in [5.74, 6) is 0.447. The van der Waals surface area contributed by atoms with Crippen molar-refractivity contribution in [2.75, 3.05) is 23.3 Å². The number of carbonyl (C=O) groups excluding carboxylic acids is 1. The maximum atomic E-state index is 12.8. The van der Waals surface area contributed by atoms with Gasteiger partial charge in [0.05, 0.1) is 16.8 Å². The van der Waals surface area contributed by atoms with Crippen LogP contribution in [0.1, 0.15) is 18.4 Å². The highest BCUT2D eigenvalue weighted by Crippen LogP contribution is 2.34. The monoisotopic (exact) mass is 424 g/mol. The predicted octanol–water partition coefficient (Wildman–Crippen LogP) is 3.65. The average molecular weight is 425 g/mol. The zero-order valence-corrected chi connectivity index (χ0v) is 15.8. The lowest BCUT2D eigenvalue weighted by atomic mass is 9.96. The molecule has 7 nitrogen and oxygen atoms in total. The van der Waals surface area contributed by atoms with Gasteiger partial charge in [0.15, 0.2) is 5.65 Å². The molecule has 11 heteroatoms. The molecule has 0 bridgehead atoms. The molecule has 1 amide bonds. The number of rotatable bonds is 3. The first-order chi connectivity index (χ1) is 13.8. The highest BCUT2D eigenvalue weighted by molar-refractivity contribution is 6.33. The topological polar surface area (TPSA) is 75.4 Å². The van der Waals surface area contributed by atoms with E-state index >= 15 is 0 Å². The van der Waals surface area contributed by atoms with Gasteiger partial charge in [-0.3, -0.25) is 4.79 Å². The van der Waals surface area contributed by atoms with Crippen molar-refractivity contribution < 1.29 is 18.0 Å². The lowest BCUT2D eigenvalue weighted by Gasteiger charge is -2.32. The molecule has 1 aliphatic heterocycles. The van der Waals surface area contributed by atoms with Crippen LogP contribution in [0.2, 0.25) is 5.02 Å². The Labute approximate surface area is 168 Å². The minimum Gasteiger partial charge on any atom is -0.355 e. The summed E-state index contributed by atoms with van der Waals surface area (Å²) in [6.07, 6.45) is 0.521. The second-order valence-electron chi connectivity index (χ2n) is 6.71. The Bertz CT molecular complexity index is 1050. The number of alkyl halides is 3. The number of anilines is 2. The van der Waals surface area contributed by atoms with Crippen LogP contribution in [0.25, 0.3) is 5.65 Å². The van der Waals surface area contributed by atoms with Crippen molar-refractivity contribution >= 4 is 34.8 Å². The molecule has 0 aliphatic carbocycles. The molecule has 0 radical (unpaired) electrons. The normalized spacial score (nSPS) is 15.7. The number of hydrogen-bond donors (Lipinski definition) is 1. The Kier molecular flexibility index (Phi) is 5.03. The van der Waals surface area contributed by atoms with Crippen LogP contribution in [-0.4, -0.2) is 38.6 Å². The summed E-state index contributed by atoms with van der Waals surface area (Å²) in [6.45, 7) is 0.924. The highest BCUT2D eigenvalue weighted by Gasteiger charge is 2.33. The second kappa shape index (κ2) is 7.51. The molecular weight excluding hydrogens is 409 g/mol. The third-order valence-electron chi connectivity index (χ3n) is 4.86. The first-order valence-corrected chi connectivity index (χ1v) is 9.28. The van der Waals surface area contributed by atoms with Crippen molar-refractivity contribution in [1.29, 1.82) is 0 Å². The Balaban J connectivity index is 1.40. The summed E-state index contributed by atoms with van der Waals surface area (Å²) in [7, 11) is 0.